The number of nitrogens with zero attached hydrogens (tertiary/aromatic N) is 2. The number of hydrogen-bond donors (Lipinski definition) is 3. The maximum absolute atomic E-state index is 12.2. The summed E-state index contributed by atoms with van der Waals surface area (Å²) in [4.78, 5) is 19.4. The highest BCUT2D eigenvalue weighted by Gasteiger charge is 2.15. The smallest absolute Gasteiger partial charge is 0.272 e. The quantitative estimate of drug-likeness (QED) is 0.677. The van der Waals surface area contributed by atoms with Gasteiger partial charge in [0, 0.05) is 23.5 Å². The van der Waals surface area contributed by atoms with E-state index in [0.29, 0.717) is 12.2 Å². The number of carbonyl (C=O) groups excluding carboxylic acids is 1. The lowest BCUT2D eigenvalue weighted by Gasteiger charge is -2.08. The van der Waals surface area contributed by atoms with E-state index in [9.17, 15) is 4.79 Å². The molecule has 23 heavy (non-hydrogen) atoms. The number of aromatic amines is 2. The average Bonchev–Trinajstić information content (AvgIpc) is 3.22. The van der Waals surface area contributed by atoms with E-state index in [1.54, 1.807) is 12.3 Å². The van der Waals surface area contributed by atoms with Crippen LogP contribution in [0.25, 0.3) is 0 Å². The number of carbonyl (C=O) groups is 1. The van der Waals surface area contributed by atoms with Crippen LogP contribution < -0.4 is 5.32 Å². The van der Waals surface area contributed by atoms with Crippen molar-refractivity contribution in [1.29, 1.82) is 0 Å². The van der Waals surface area contributed by atoms with Crippen molar-refractivity contribution in [1.82, 2.24) is 25.5 Å². The molecule has 2 heterocycles. The summed E-state index contributed by atoms with van der Waals surface area (Å²) < 4.78 is 0. The highest BCUT2D eigenvalue weighted by molar-refractivity contribution is 5.92. The largest absolute Gasteiger partial charge is 0.345 e. The molecule has 0 bridgehead atoms. The van der Waals surface area contributed by atoms with Crippen LogP contribution in [-0.4, -0.2) is 26.1 Å². The Labute approximate surface area is 134 Å². The van der Waals surface area contributed by atoms with Crippen LogP contribution >= 0.6 is 0 Å². The molecule has 1 unspecified atom stereocenters. The highest BCUT2D eigenvalue weighted by Crippen LogP contribution is 2.22. The molecule has 1 aromatic carbocycles. The van der Waals surface area contributed by atoms with Gasteiger partial charge in [-0.15, -0.1) is 0 Å². The Hall–Kier alpha value is -2.89. The SMILES string of the molecule is Cc1cnc(CNC(=O)c2cc(C(C)c3ccccc3)[nH]n2)[nH]1. The summed E-state index contributed by atoms with van der Waals surface area (Å²) in [6.45, 7) is 4.35. The molecule has 6 nitrogen and oxygen atoms in total. The number of nitrogens with one attached hydrogen (secondary N) is 3. The molecule has 0 aliphatic rings. The number of amides is 1. The highest BCUT2D eigenvalue weighted by atomic mass is 16.1. The van der Waals surface area contributed by atoms with Gasteiger partial charge < -0.3 is 10.3 Å². The van der Waals surface area contributed by atoms with Crippen LogP contribution in [0.4, 0.5) is 0 Å². The van der Waals surface area contributed by atoms with E-state index in [1.807, 2.05) is 25.1 Å². The van der Waals surface area contributed by atoms with E-state index in [1.165, 1.54) is 5.56 Å². The fourth-order valence-electron chi connectivity index (χ4n) is 2.41. The first kappa shape index (κ1) is 15.0. The number of aromatic nitrogens is 4. The summed E-state index contributed by atoms with van der Waals surface area (Å²) in [5.74, 6) is 0.657. The number of imidazole rings is 1. The lowest BCUT2D eigenvalue weighted by atomic mass is 9.98. The van der Waals surface area contributed by atoms with E-state index in [2.05, 4.69) is 44.5 Å². The van der Waals surface area contributed by atoms with Gasteiger partial charge in [-0.1, -0.05) is 37.3 Å². The van der Waals surface area contributed by atoms with E-state index in [-0.39, 0.29) is 11.8 Å². The Morgan fingerprint density at radius 3 is 2.78 bits per heavy atom. The minimum absolute atomic E-state index is 0.151. The third-order valence-corrected chi connectivity index (χ3v) is 3.77. The molecule has 2 aromatic heterocycles. The van der Waals surface area contributed by atoms with E-state index < -0.39 is 0 Å². The number of hydrogen-bond acceptors (Lipinski definition) is 3. The lowest BCUT2D eigenvalue weighted by Crippen LogP contribution is -2.23. The van der Waals surface area contributed by atoms with Gasteiger partial charge >= 0.3 is 0 Å². The number of aryl methyl sites for hydroxylation is 1. The van der Waals surface area contributed by atoms with Crippen molar-refractivity contribution in [3.8, 4) is 0 Å². The maximum atomic E-state index is 12.2. The Morgan fingerprint density at radius 1 is 1.30 bits per heavy atom. The third kappa shape index (κ3) is 3.48. The van der Waals surface area contributed by atoms with Crippen molar-refractivity contribution in [3.63, 3.8) is 0 Å². The van der Waals surface area contributed by atoms with Gasteiger partial charge in [-0.2, -0.15) is 5.10 Å². The molecular formula is C17H19N5O. The molecule has 3 rings (SSSR count). The van der Waals surface area contributed by atoms with Crippen LogP contribution in [0.5, 0.6) is 0 Å². The summed E-state index contributed by atoms with van der Waals surface area (Å²) in [7, 11) is 0. The van der Waals surface area contributed by atoms with Gasteiger partial charge in [-0.3, -0.25) is 9.89 Å². The van der Waals surface area contributed by atoms with Crippen molar-refractivity contribution in [2.45, 2.75) is 26.3 Å². The van der Waals surface area contributed by atoms with Gasteiger partial charge in [0.15, 0.2) is 0 Å². The van der Waals surface area contributed by atoms with Gasteiger partial charge in [-0.25, -0.2) is 4.98 Å². The van der Waals surface area contributed by atoms with E-state index >= 15 is 0 Å². The molecule has 0 radical (unpaired) electrons. The Kier molecular flexibility index (Phi) is 4.23. The monoisotopic (exact) mass is 309 g/mol. The molecule has 3 aromatic rings. The van der Waals surface area contributed by atoms with Crippen molar-refractivity contribution in [2.75, 3.05) is 0 Å². The zero-order valence-corrected chi connectivity index (χ0v) is 13.1. The molecule has 0 saturated carbocycles. The minimum Gasteiger partial charge on any atom is -0.345 e. The number of benzene rings is 1. The second-order valence-electron chi connectivity index (χ2n) is 5.54. The second kappa shape index (κ2) is 6.48. The molecule has 3 N–H and O–H groups in total. The fraction of sp³-hybridized carbons (Fsp3) is 0.235. The van der Waals surface area contributed by atoms with Gasteiger partial charge in [0.2, 0.25) is 0 Å². The molecule has 1 atom stereocenters. The number of rotatable bonds is 5. The summed E-state index contributed by atoms with van der Waals surface area (Å²) in [6.07, 6.45) is 1.73. The van der Waals surface area contributed by atoms with E-state index in [0.717, 1.165) is 17.2 Å². The van der Waals surface area contributed by atoms with Crippen molar-refractivity contribution >= 4 is 5.91 Å². The van der Waals surface area contributed by atoms with Crippen LogP contribution in [0.15, 0.2) is 42.6 Å². The molecule has 118 valence electrons. The van der Waals surface area contributed by atoms with Crippen LogP contribution in [0.2, 0.25) is 0 Å². The van der Waals surface area contributed by atoms with Gasteiger partial charge in [0.1, 0.15) is 11.5 Å². The van der Waals surface area contributed by atoms with E-state index in [4.69, 9.17) is 0 Å². The lowest BCUT2D eigenvalue weighted by molar-refractivity contribution is 0.0945. The molecule has 0 fully saturated rings. The first-order valence-corrected chi connectivity index (χ1v) is 7.52. The second-order valence-corrected chi connectivity index (χ2v) is 5.54. The molecule has 6 heteroatoms. The normalized spacial score (nSPS) is 12.1. The maximum Gasteiger partial charge on any atom is 0.272 e. The summed E-state index contributed by atoms with van der Waals surface area (Å²) >= 11 is 0. The fourth-order valence-corrected chi connectivity index (χ4v) is 2.41. The average molecular weight is 309 g/mol. The van der Waals surface area contributed by atoms with Gasteiger partial charge in [0.25, 0.3) is 5.91 Å². The minimum atomic E-state index is -0.221. The molecule has 0 saturated heterocycles. The van der Waals surface area contributed by atoms with Crippen LogP contribution in [-0.2, 0) is 6.54 Å². The first-order chi connectivity index (χ1) is 11.1. The van der Waals surface area contributed by atoms with Crippen LogP contribution in [0, 0.1) is 6.92 Å². The zero-order valence-electron chi connectivity index (χ0n) is 13.1. The summed E-state index contributed by atoms with van der Waals surface area (Å²) in [5, 5.41) is 9.87. The standard InChI is InChI=1S/C17H19N5O/c1-11-9-18-16(20-11)10-19-17(23)15-8-14(21-22-15)12(2)13-6-4-3-5-7-13/h3-9,12H,10H2,1-2H3,(H,18,20)(H,19,23)(H,21,22). The summed E-state index contributed by atoms with van der Waals surface area (Å²) in [5.41, 5.74) is 3.43. The molecule has 0 spiro atoms. The Balaban J connectivity index is 1.65. The topological polar surface area (TPSA) is 86.5 Å². The van der Waals surface area contributed by atoms with Crippen LogP contribution in [0.1, 0.15) is 46.1 Å². The Bertz CT molecular complexity index is 790. The van der Waals surface area contributed by atoms with Gasteiger partial charge in [0.05, 0.1) is 6.54 Å². The van der Waals surface area contributed by atoms with Crippen molar-refractivity contribution < 1.29 is 4.79 Å². The van der Waals surface area contributed by atoms with Crippen LogP contribution in [0.3, 0.4) is 0 Å². The van der Waals surface area contributed by atoms with Crippen molar-refractivity contribution in [3.05, 3.63) is 71.1 Å². The third-order valence-electron chi connectivity index (χ3n) is 3.77. The van der Waals surface area contributed by atoms with Gasteiger partial charge in [-0.05, 0) is 18.6 Å². The Morgan fingerprint density at radius 2 is 2.09 bits per heavy atom. The predicted octanol–water partition coefficient (Wildman–Crippen LogP) is 2.52. The molecular weight excluding hydrogens is 290 g/mol. The van der Waals surface area contributed by atoms with Crippen molar-refractivity contribution in [2.24, 2.45) is 0 Å². The molecule has 0 aliphatic heterocycles. The predicted molar refractivity (Wildman–Crippen MR) is 87.0 cm³/mol. The first-order valence-electron chi connectivity index (χ1n) is 7.52. The zero-order chi connectivity index (χ0) is 16.2. The number of H-pyrrole nitrogens is 2. The summed E-state index contributed by atoms with van der Waals surface area (Å²) in [6, 6.07) is 11.9. The molecule has 0 aliphatic carbocycles. The molecule has 1 amide bonds.